The second-order valence-electron chi connectivity index (χ2n) is 3.35. The maximum absolute atomic E-state index is 8.32. The van der Waals surface area contributed by atoms with Crippen molar-refractivity contribution in [2.24, 2.45) is 10.9 Å². The van der Waals surface area contributed by atoms with E-state index in [1.165, 1.54) is 0 Å². The first kappa shape index (κ1) is 12.8. The topological polar surface area (TPSA) is 67.8 Å². The van der Waals surface area contributed by atoms with Crippen molar-refractivity contribution in [1.29, 1.82) is 0 Å². The van der Waals surface area contributed by atoms with E-state index in [-0.39, 0.29) is 5.84 Å². The highest BCUT2D eigenvalue weighted by Gasteiger charge is 1.96. The molecule has 1 aromatic carbocycles. The Hall–Kier alpha value is -1.23. The van der Waals surface area contributed by atoms with E-state index >= 15 is 0 Å². The van der Waals surface area contributed by atoms with Crippen LogP contribution < -0.4 is 10.5 Å². The Bertz CT molecular complexity index is 338. The molecular formula is C11H15BrN2O2. The van der Waals surface area contributed by atoms with Crippen LogP contribution in [0.3, 0.4) is 0 Å². The van der Waals surface area contributed by atoms with Crippen LogP contribution in [0, 0.1) is 0 Å². The second-order valence-corrected chi connectivity index (χ2v) is 4.27. The molecule has 0 aliphatic rings. The average molecular weight is 287 g/mol. The van der Waals surface area contributed by atoms with Crippen molar-refractivity contribution < 1.29 is 9.94 Å². The molecule has 0 aliphatic carbocycles. The Morgan fingerprint density at radius 3 is 2.62 bits per heavy atom. The SMILES string of the molecule is N/C(CCCCOc1ccc(Br)cc1)=N/O. The lowest BCUT2D eigenvalue weighted by atomic mass is 10.2. The molecule has 0 aromatic heterocycles. The van der Waals surface area contributed by atoms with Crippen LogP contribution >= 0.6 is 15.9 Å². The Morgan fingerprint density at radius 1 is 1.31 bits per heavy atom. The van der Waals surface area contributed by atoms with Crippen molar-refractivity contribution in [3.8, 4) is 5.75 Å². The third kappa shape index (κ3) is 5.02. The zero-order chi connectivity index (χ0) is 11.8. The summed E-state index contributed by atoms with van der Waals surface area (Å²) in [5.74, 6) is 1.12. The van der Waals surface area contributed by atoms with Gasteiger partial charge in [0.1, 0.15) is 11.6 Å². The number of oxime groups is 1. The van der Waals surface area contributed by atoms with E-state index in [1.54, 1.807) is 0 Å². The van der Waals surface area contributed by atoms with Gasteiger partial charge in [0.05, 0.1) is 6.61 Å². The van der Waals surface area contributed by atoms with Gasteiger partial charge in [0.25, 0.3) is 0 Å². The third-order valence-corrected chi connectivity index (χ3v) is 2.57. The van der Waals surface area contributed by atoms with Gasteiger partial charge in [0.15, 0.2) is 0 Å². The van der Waals surface area contributed by atoms with Crippen molar-refractivity contribution in [1.82, 2.24) is 0 Å². The molecule has 0 saturated carbocycles. The molecule has 0 aliphatic heterocycles. The number of nitrogens with zero attached hydrogens (tertiary/aromatic N) is 1. The molecule has 0 bridgehead atoms. The first-order valence-corrected chi connectivity index (χ1v) is 5.86. The summed E-state index contributed by atoms with van der Waals surface area (Å²) in [4.78, 5) is 0. The Labute approximate surface area is 103 Å². The molecule has 0 unspecified atom stereocenters. The van der Waals surface area contributed by atoms with Gasteiger partial charge in [-0.2, -0.15) is 0 Å². The van der Waals surface area contributed by atoms with Crippen LogP contribution in [-0.2, 0) is 0 Å². The molecule has 16 heavy (non-hydrogen) atoms. The summed E-state index contributed by atoms with van der Waals surface area (Å²) >= 11 is 3.36. The summed E-state index contributed by atoms with van der Waals surface area (Å²) in [6, 6.07) is 7.69. The number of ether oxygens (including phenoxy) is 1. The molecule has 1 rings (SSSR count). The molecule has 0 fully saturated rings. The van der Waals surface area contributed by atoms with Gasteiger partial charge in [0, 0.05) is 10.9 Å². The van der Waals surface area contributed by atoms with Crippen LogP contribution in [0.25, 0.3) is 0 Å². The molecular weight excluding hydrogens is 272 g/mol. The summed E-state index contributed by atoms with van der Waals surface area (Å²) in [6.07, 6.45) is 2.33. The number of hydrogen-bond acceptors (Lipinski definition) is 3. The van der Waals surface area contributed by atoms with Crippen molar-refractivity contribution in [3.63, 3.8) is 0 Å². The standard InChI is InChI=1S/C11H15BrN2O2/c12-9-4-6-10(7-5-9)16-8-2-1-3-11(13)14-15/h4-7,15H,1-3,8H2,(H2,13,14). The number of amidine groups is 1. The Morgan fingerprint density at radius 2 is 2.00 bits per heavy atom. The largest absolute Gasteiger partial charge is 0.494 e. The maximum atomic E-state index is 8.32. The van der Waals surface area contributed by atoms with Gasteiger partial charge < -0.3 is 15.7 Å². The molecule has 0 saturated heterocycles. The highest BCUT2D eigenvalue weighted by Crippen LogP contribution is 2.16. The van der Waals surface area contributed by atoms with Gasteiger partial charge in [-0.15, -0.1) is 0 Å². The molecule has 0 heterocycles. The lowest BCUT2D eigenvalue weighted by Gasteiger charge is -2.05. The quantitative estimate of drug-likeness (QED) is 0.278. The minimum atomic E-state index is 0.267. The predicted octanol–water partition coefficient (Wildman–Crippen LogP) is 2.74. The molecule has 0 radical (unpaired) electrons. The van der Waals surface area contributed by atoms with E-state index < -0.39 is 0 Å². The highest BCUT2D eigenvalue weighted by molar-refractivity contribution is 9.10. The molecule has 4 nitrogen and oxygen atoms in total. The number of rotatable bonds is 6. The fourth-order valence-corrected chi connectivity index (χ4v) is 1.44. The molecule has 1 aromatic rings. The first-order chi connectivity index (χ1) is 7.72. The van der Waals surface area contributed by atoms with Gasteiger partial charge in [0.2, 0.25) is 0 Å². The monoisotopic (exact) mass is 286 g/mol. The maximum Gasteiger partial charge on any atom is 0.139 e. The van der Waals surface area contributed by atoms with Crippen LogP contribution in [-0.4, -0.2) is 17.6 Å². The number of benzene rings is 1. The number of nitrogens with two attached hydrogens (primary N) is 1. The highest BCUT2D eigenvalue weighted by atomic mass is 79.9. The number of unbranched alkanes of at least 4 members (excludes halogenated alkanes) is 1. The average Bonchev–Trinajstić information content (AvgIpc) is 2.31. The fraction of sp³-hybridized carbons (Fsp3) is 0.364. The summed E-state index contributed by atoms with van der Waals surface area (Å²) in [7, 11) is 0. The molecule has 0 spiro atoms. The zero-order valence-corrected chi connectivity index (χ0v) is 10.5. The van der Waals surface area contributed by atoms with Gasteiger partial charge in [-0.3, -0.25) is 0 Å². The summed E-state index contributed by atoms with van der Waals surface area (Å²) in [6.45, 7) is 0.639. The van der Waals surface area contributed by atoms with Crippen LogP contribution in [0.5, 0.6) is 5.75 Å². The number of hydrogen-bond donors (Lipinski definition) is 2. The Kier molecular flexibility index (Phi) is 5.71. The zero-order valence-electron chi connectivity index (χ0n) is 8.90. The van der Waals surface area contributed by atoms with Gasteiger partial charge in [-0.1, -0.05) is 21.1 Å². The normalized spacial score (nSPS) is 11.4. The van der Waals surface area contributed by atoms with Crippen molar-refractivity contribution in [2.45, 2.75) is 19.3 Å². The van der Waals surface area contributed by atoms with E-state index in [4.69, 9.17) is 15.7 Å². The smallest absolute Gasteiger partial charge is 0.139 e. The van der Waals surface area contributed by atoms with Crippen LogP contribution in [0.2, 0.25) is 0 Å². The van der Waals surface area contributed by atoms with E-state index in [0.717, 1.165) is 23.1 Å². The Balaban J connectivity index is 2.14. The third-order valence-electron chi connectivity index (χ3n) is 2.04. The van der Waals surface area contributed by atoms with Crippen LogP contribution in [0.15, 0.2) is 33.9 Å². The number of halogens is 1. The van der Waals surface area contributed by atoms with Crippen molar-refractivity contribution in [2.75, 3.05) is 6.61 Å². The van der Waals surface area contributed by atoms with Crippen LogP contribution in [0.1, 0.15) is 19.3 Å². The fourth-order valence-electron chi connectivity index (χ4n) is 1.18. The van der Waals surface area contributed by atoms with E-state index in [1.807, 2.05) is 24.3 Å². The summed E-state index contributed by atoms with van der Waals surface area (Å²) < 4.78 is 6.55. The first-order valence-electron chi connectivity index (χ1n) is 5.07. The molecule has 3 N–H and O–H groups in total. The summed E-state index contributed by atoms with van der Waals surface area (Å²) in [5.41, 5.74) is 5.34. The van der Waals surface area contributed by atoms with Gasteiger partial charge in [-0.25, -0.2) is 0 Å². The lowest BCUT2D eigenvalue weighted by molar-refractivity contribution is 0.304. The minimum Gasteiger partial charge on any atom is -0.494 e. The summed E-state index contributed by atoms with van der Waals surface area (Å²) in [5, 5.41) is 11.2. The molecule has 0 amide bonds. The molecule has 0 atom stereocenters. The minimum absolute atomic E-state index is 0.267. The van der Waals surface area contributed by atoms with Crippen LogP contribution in [0.4, 0.5) is 0 Å². The van der Waals surface area contributed by atoms with E-state index in [9.17, 15) is 0 Å². The lowest BCUT2D eigenvalue weighted by Crippen LogP contribution is -2.11. The van der Waals surface area contributed by atoms with Crippen molar-refractivity contribution in [3.05, 3.63) is 28.7 Å². The predicted molar refractivity (Wildman–Crippen MR) is 66.9 cm³/mol. The van der Waals surface area contributed by atoms with E-state index in [0.29, 0.717) is 13.0 Å². The van der Waals surface area contributed by atoms with Gasteiger partial charge >= 0.3 is 0 Å². The van der Waals surface area contributed by atoms with Gasteiger partial charge in [-0.05, 0) is 37.1 Å². The molecule has 5 heteroatoms. The second kappa shape index (κ2) is 7.11. The van der Waals surface area contributed by atoms with Crippen molar-refractivity contribution >= 4 is 21.8 Å². The van der Waals surface area contributed by atoms with E-state index in [2.05, 4.69) is 21.1 Å². The molecule has 88 valence electrons.